The molecule has 0 aliphatic heterocycles. The highest BCUT2D eigenvalue weighted by Gasteiger charge is 2.18. The normalized spacial score (nSPS) is 10.8. The van der Waals surface area contributed by atoms with Gasteiger partial charge in [-0.1, -0.05) is 49.9 Å². The van der Waals surface area contributed by atoms with E-state index < -0.39 is 22.0 Å². The van der Waals surface area contributed by atoms with Gasteiger partial charge in [0.2, 0.25) is 0 Å². The highest BCUT2D eigenvalue weighted by Crippen LogP contribution is 2.13. The van der Waals surface area contributed by atoms with E-state index >= 15 is 0 Å². The number of hydrogen-bond donors (Lipinski definition) is 4. The number of aryl methyl sites for hydroxylation is 1. The zero-order chi connectivity index (χ0) is 25.8. The van der Waals surface area contributed by atoms with Gasteiger partial charge in [0.25, 0.3) is 10.0 Å². The Balaban J connectivity index is 1.81. The van der Waals surface area contributed by atoms with Crippen LogP contribution >= 0.6 is 12.8 Å². The van der Waals surface area contributed by atoms with Crippen LogP contribution in [0.5, 0.6) is 0 Å². The molecule has 2 aromatic carbocycles. The van der Waals surface area contributed by atoms with Crippen LogP contribution in [0.15, 0.2) is 53.4 Å². The van der Waals surface area contributed by atoms with Crippen LogP contribution in [0, 0.1) is 6.92 Å². The number of amides is 4. The minimum absolute atomic E-state index is 0.0465. The zero-order valence-electron chi connectivity index (χ0n) is 19.6. The van der Waals surface area contributed by atoms with E-state index in [1.807, 2.05) is 18.6 Å². The molecule has 0 saturated heterocycles. The Morgan fingerprint density at radius 2 is 1.77 bits per heavy atom. The number of sulfonamides is 1. The maximum absolute atomic E-state index is 12.3. The Bertz CT molecular complexity index is 1120. The van der Waals surface area contributed by atoms with Gasteiger partial charge < -0.3 is 15.4 Å². The van der Waals surface area contributed by atoms with Gasteiger partial charge in [-0.05, 0) is 50.1 Å². The van der Waals surface area contributed by atoms with Gasteiger partial charge >= 0.3 is 18.0 Å². The highest BCUT2D eigenvalue weighted by atomic mass is 32.2. The number of carbonyl (C=O) groups is 3. The average molecular weight is 523 g/mol. The first kappa shape index (κ1) is 28.0. The quantitative estimate of drug-likeness (QED) is 0.202. The van der Waals surface area contributed by atoms with Gasteiger partial charge in [0, 0.05) is 18.8 Å². The smallest absolute Gasteiger partial charge is 0.338 e. The number of carbonyl (C=O) groups excluding carboxylic acids is 3. The third-order valence-electron chi connectivity index (χ3n) is 4.70. The third kappa shape index (κ3) is 9.49. The van der Waals surface area contributed by atoms with Gasteiger partial charge in [-0.25, -0.2) is 27.5 Å². The predicted octanol–water partition coefficient (Wildman–Crippen LogP) is 3.71. The molecule has 0 atom stereocenters. The Kier molecular flexibility index (Phi) is 10.9. The van der Waals surface area contributed by atoms with Crippen molar-refractivity contribution in [3.8, 4) is 0 Å². The van der Waals surface area contributed by atoms with Gasteiger partial charge in [-0.3, -0.25) is 4.31 Å². The summed E-state index contributed by atoms with van der Waals surface area (Å²) in [6.45, 7) is 4.77. The standard InChI is InChI=1S/C23H30N4O6S2/c1-3-4-14-27(34)23(30)24-13-6-15-33-21(28)18-7-5-8-19(16-18)25-22(29)26-35(31,32)20-11-9-17(2)10-12-20/h5,7-12,16,34H,3-4,6,13-15H2,1-2H3,(H,24,30)(H2,25,26,29). The predicted molar refractivity (Wildman–Crippen MR) is 136 cm³/mol. The summed E-state index contributed by atoms with van der Waals surface area (Å²) >= 11 is 4.11. The van der Waals surface area contributed by atoms with Crippen molar-refractivity contribution in [2.24, 2.45) is 0 Å². The maximum atomic E-state index is 12.3. The number of unbranched alkanes of at least 4 members (excludes halogenated alkanes) is 1. The van der Waals surface area contributed by atoms with Gasteiger partial charge in [0.05, 0.1) is 17.1 Å². The lowest BCUT2D eigenvalue weighted by Crippen LogP contribution is -2.35. The second-order valence-electron chi connectivity index (χ2n) is 7.65. The SMILES string of the molecule is CCCCN(S)C(=O)NCCCOC(=O)c1cccc(NC(=O)NS(=O)(=O)c2ccc(C)cc2)c1. The molecular formula is C23H30N4O6S2. The Labute approximate surface area is 211 Å². The van der Waals surface area contributed by atoms with Crippen molar-refractivity contribution >= 4 is 46.6 Å². The summed E-state index contributed by atoms with van der Waals surface area (Å²) < 4.78 is 33.1. The second kappa shape index (κ2) is 13.6. The van der Waals surface area contributed by atoms with Crippen molar-refractivity contribution in [1.82, 2.24) is 14.3 Å². The van der Waals surface area contributed by atoms with Crippen LogP contribution in [0.3, 0.4) is 0 Å². The molecule has 0 heterocycles. The molecule has 2 aromatic rings. The molecule has 0 bridgehead atoms. The van der Waals surface area contributed by atoms with Crippen LogP contribution in [0.2, 0.25) is 0 Å². The van der Waals surface area contributed by atoms with Gasteiger partial charge in [-0.15, -0.1) is 0 Å². The molecule has 12 heteroatoms. The lowest BCUT2D eigenvalue weighted by molar-refractivity contribution is 0.0501. The molecule has 4 amide bonds. The summed E-state index contributed by atoms with van der Waals surface area (Å²) in [7, 11) is -4.05. The topological polar surface area (TPSA) is 134 Å². The molecule has 0 unspecified atom stereocenters. The number of hydrogen-bond acceptors (Lipinski definition) is 7. The molecule has 190 valence electrons. The maximum Gasteiger partial charge on any atom is 0.338 e. The molecule has 0 fully saturated rings. The number of esters is 1. The van der Waals surface area contributed by atoms with Crippen LogP contribution in [-0.2, 0) is 14.8 Å². The zero-order valence-corrected chi connectivity index (χ0v) is 21.3. The minimum atomic E-state index is -4.05. The van der Waals surface area contributed by atoms with Crippen LogP contribution < -0.4 is 15.4 Å². The first-order valence-electron chi connectivity index (χ1n) is 11.0. The molecule has 2 rings (SSSR count). The van der Waals surface area contributed by atoms with E-state index in [-0.39, 0.29) is 28.8 Å². The fraction of sp³-hybridized carbons (Fsp3) is 0.348. The number of rotatable bonds is 11. The number of urea groups is 2. The van der Waals surface area contributed by atoms with Crippen LogP contribution in [0.4, 0.5) is 15.3 Å². The fourth-order valence-corrected chi connectivity index (χ4v) is 3.91. The summed E-state index contributed by atoms with van der Waals surface area (Å²) in [5.74, 6) is -0.619. The molecule has 0 aliphatic rings. The summed E-state index contributed by atoms with van der Waals surface area (Å²) in [6.07, 6.45) is 2.21. The van der Waals surface area contributed by atoms with E-state index in [1.165, 1.54) is 40.7 Å². The molecule has 0 radical (unpaired) electrons. The molecule has 3 N–H and O–H groups in total. The molecule has 35 heavy (non-hydrogen) atoms. The summed E-state index contributed by atoms with van der Waals surface area (Å²) in [6, 6.07) is 10.7. The number of nitrogens with zero attached hydrogens (tertiary/aromatic N) is 1. The van der Waals surface area contributed by atoms with E-state index in [2.05, 4.69) is 23.4 Å². The first-order valence-corrected chi connectivity index (χ1v) is 12.9. The monoisotopic (exact) mass is 522 g/mol. The lowest BCUT2D eigenvalue weighted by Gasteiger charge is -2.15. The molecular weight excluding hydrogens is 492 g/mol. The summed E-state index contributed by atoms with van der Waals surface area (Å²) in [5.41, 5.74) is 1.27. The highest BCUT2D eigenvalue weighted by molar-refractivity contribution is 7.90. The Morgan fingerprint density at radius 1 is 1.06 bits per heavy atom. The molecule has 0 aliphatic carbocycles. The number of thiol groups is 1. The van der Waals surface area contributed by atoms with Crippen LogP contribution in [0.25, 0.3) is 0 Å². The number of ether oxygens (including phenoxy) is 1. The summed E-state index contributed by atoms with van der Waals surface area (Å²) in [5, 5.41) is 5.08. The summed E-state index contributed by atoms with van der Waals surface area (Å²) in [4.78, 5) is 36.3. The van der Waals surface area contributed by atoms with E-state index in [9.17, 15) is 22.8 Å². The van der Waals surface area contributed by atoms with Crippen LogP contribution in [0.1, 0.15) is 42.1 Å². The number of anilines is 1. The van der Waals surface area contributed by atoms with E-state index in [1.54, 1.807) is 12.1 Å². The van der Waals surface area contributed by atoms with E-state index in [0.29, 0.717) is 19.5 Å². The number of nitrogens with one attached hydrogen (secondary N) is 3. The Hall–Kier alpha value is -3.25. The van der Waals surface area contributed by atoms with Crippen molar-refractivity contribution in [1.29, 1.82) is 0 Å². The van der Waals surface area contributed by atoms with Crippen molar-refractivity contribution in [2.75, 3.05) is 25.0 Å². The number of benzene rings is 2. The van der Waals surface area contributed by atoms with Gasteiger partial charge in [-0.2, -0.15) is 0 Å². The first-order chi connectivity index (χ1) is 16.6. The minimum Gasteiger partial charge on any atom is -0.462 e. The van der Waals surface area contributed by atoms with Crippen molar-refractivity contribution < 1.29 is 27.5 Å². The third-order valence-corrected chi connectivity index (χ3v) is 6.43. The van der Waals surface area contributed by atoms with Crippen molar-refractivity contribution in [3.63, 3.8) is 0 Å². The largest absolute Gasteiger partial charge is 0.462 e. The average Bonchev–Trinajstić information content (AvgIpc) is 2.82. The van der Waals surface area contributed by atoms with Crippen molar-refractivity contribution in [3.05, 3.63) is 59.7 Å². The van der Waals surface area contributed by atoms with Gasteiger partial charge in [0.15, 0.2) is 0 Å². The Morgan fingerprint density at radius 3 is 2.46 bits per heavy atom. The molecule has 0 spiro atoms. The molecule has 0 saturated carbocycles. The molecule has 0 aromatic heterocycles. The van der Waals surface area contributed by atoms with Gasteiger partial charge in [0.1, 0.15) is 0 Å². The van der Waals surface area contributed by atoms with E-state index in [4.69, 9.17) is 4.74 Å². The lowest BCUT2D eigenvalue weighted by atomic mass is 10.2. The second-order valence-corrected chi connectivity index (χ2v) is 9.82. The van der Waals surface area contributed by atoms with E-state index in [0.717, 1.165) is 18.4 Å². The van der Waals surface area contributed by atoms with Crippen molar-refractivity contribution in [2.45, 2.75) is 38.0 Å². The molecule has 10 nitrogen and oxygen atoms in total. The van der Waals surface area contributed by atoms with Crippen LogP contribution in [-0.4, -0.2) is 50.5 Å². The fourth-order valence-electron chi connectivity index (χ4n) is 2.80.